The summed E-state index contributed by atoms with van der Waals surface area (Å²) in [5, 5.41) is 0. The fraction of sp³-hybridized carbons (Fsp3) is 0.812. The summed E-state index contributed by atoms with van der Waals surface area (Å²) in [5.74, 6) is 4.11. The van der Waals surface area contributed by atoms with Crippen molar-refractivity contribution >= 4 is 0 Å². The zero-order valence-corrected chi connectivity index (χ0v) is 13.3. The van der Waals surface area contributed by atoms with Gasteiger partial charge in [-0.25, -0.2) is 4.98 Å². The van der Waals surface area contributed by atoms with Crippen molar-refractivity contribution in [3.8, 4) is 0 Å². The molecule has 2 heterocycles. The first-order valence-electron chi connectivity index (χ1n) is 7.99. The molecule has 4 nitrogen and oxygen atoms in total. The van der Waals surface area contributed by atoms with Crippen LogP contribution in [0.1, 0.15) is 19.7 Å². The second-order valence-corrected chi connectivity index (χ2v) is 6.91. The van der Waals surface area contributed by atoms with Crippen LogP contribution in [0.4, 0.5) is 0 Å². The minimum absolute atomic E-state index is 0.627. The number of aromatic nitrogens is 2. The zero-order valence-electron chi connectivity index (χ0n) is 13.3. The molecule has 1 saturated carbocycles. The van der Waals surface area contributed by atoms with Gasteiger partial charge in [-0.1, -0.05) is 6.92 Å². The van der Waals surface area contributed by atoms with E-state index in [1.165, 1.54) is 25.5 Å². The Balaban J connectivity index is 1.50. The summed E-state index contributed by atoms with van der Waals surface area (Å²) in [6, 6.07) is 0.627. The molecule has 20 heavy (non-hydrogen) atoms. The molecule has 2 aliphatic rings. The van der Waals surface area contributed by atoms with E-state index in [4.69, 9.17) is 0 Å². The molecular formula is C16H28N4. The summed E-state index contributed by atoms with van der Waals surface area (Å²) < 4.78 is 2.33. The number of nitrogens with zero attached hydrogens (tertiary/aromatic N) is 4. The van der Waals surface area contributed by atoms with Crippen LogP contribution in [0.3, 0.4) is 0 Å². The van der Waals surface area contributed by atoms with E-state index in [1.54, 1.807) is 0 Å². The van der Waals surface area contributed by atoms with E-state index in [2.05, 4.69) is 53.5 Å². The average Bonchev–Trinajstić information content (AvgIpc) is 2.85. The highest BCUT2D eigenvalue weighted by molar-refractivity contribution is 5.06. The molecular weight excluding hydrogens is 248 g/mol. The van der Waals surface area contributed by atoms with Gasteiger partial charge in [-0.15, -0.1) is 0 Å². The Hall–Kier alpha value is -0.870. The van der Waals surface area contributed by atoms with E-state index in [0.717, 1.165) is 30.7 Å². The van der Waals surface area contributed by atoms with Crippen LogP contribution < -0.4 is 0 Å². The van der Waals surface area contributed by atoms with E-state index < -0.39 is 0 Å². The molecule has 0 aromatic carbocycles. The molecule has 0 N–H and O–H groups in total. The van der Waals surface area contributed by atoms with Crippen LogP contribution in [0.15, 0.2) is 12.4 Å². The van der Waals surface area contributed by atoms with Crippen LogP contribution in [0.2, 0.25) is 0 Å². The lowest BCUT2D eigenvalue weighted by Crippen LogP contribution is -2.37. The Bertz CT molecular complexity index is 441. The van der Waals surface area contributed by atoms with Crippen LogP contribution in [-0.4, -0.2) is 59.1 Å². The summed E-state index contributed by atoms with van der Waals surface area (Å²) in [4.78, 5) is 9.45. The fourth-order valence-electron chi connectivity index (χ4n) is 3.96. The highest BCUT2D eigenvalue weighted by Crippen LogP contribution is 2.52. The molecule has 1 aromatic heterocycles. The number of piperidine rings is 1. The molecule has 0 spiro atoms. The van der Waals surface area contributed by atoms with Crippen molar-refractivity contribution in [2.24, 2.45) is 17.8 Å². The average molecular weight is 276 g/mol. The number of imidazole rings is 1. The van der Waals surface area contributed by atoms with Gasteiger partial charge in [0.2, 0.25) is 0 Å². The predicted octanol–water partition coefficient (Wildman–Crippen LogP) is 1.57. The van der Waals surface area contributed by atoms with Crippen molar-refractivity contribution in [2.45, 2.75) is 32.9 Å². The Labute approximate surface area is 122 Å². The summed E-state index contributed by atoms with van der Waals surface area (Å²) in [5.41, 5.74) is 0. The maximum atomic E-state index is 4.42. The van der Waals surface area contributed by atoms with Gasteiger partial charge in [-0.3, -0.25) is 4.90 Å². The molecule has 1 saturated heterocycles. The van der Waals surface area contributed by atoms with Gasteiger partial charge in [0.1, 0.15) is 5.82 Å². The maximum Gasteiger partial charge on any atom is 0.108 e. The molecule has 1 aliphatic carbocycles. The molecule has 112 valence electrons. The second-order valence-electron chi connectivity index (χ2n) is 6.91. The summed E-state index contributed by atoms with van der Waals surface area (Å²) in [6.45, 7) is 9.52. The van der Waals surface area contributed by atoms with Gasteiger partial charge in [-0.05, 0) is 38.8 Å². The SMILES string of the molecule is CCc1nccn1CC(C)N1C[C@@H]2C(CN(C)C)[C@@H]2C1. The zero-order chi connectivity index (χ0) is 14.3. The molecule has 4 atom stereocenters. The minimum atomic E-state index is 0.627. The maximum absolute atomic E-state index is 4.42. The third kappa shape index (κ3) is 2.63. The van der Waals surface area contributed by atoms with Gasteiger partial charge >= 0.3 is 0 Å². The summed E-state index contributed by atoms with van der Waals surface area (Å²) in [7, 11) is 4.39. The lowest BCUT2D eigenvalue weighted by Gasteiger charge is -2.28. The first-order valence-corrected chi connectivity index (χ1v) is 7.99. The second kappa shape index (κ2) is 5.49. The number of hydrogen-bond donors (Lipinski definition) is 0. The van der Waals surface area contributed by atoms with Crippen molar-refractivity contribution in [2.75, 3.05) is 33.7 Å². The van der Waals surface area contributed by atoms with Crippen molar-refractivity contribution in [3.63, 3.8) is 0 Å². The third-order valence-electron chi connectivity index (χ3n) is 5.18. The third-order valence-corrected chi connectivity index (χ3v) is 5.18. The van der Waals surface area contributed by atoms with Crippen molar-refractivity contribution in [1.29, 1.82) is 0 Å². The Kier molecular flexibility index (Phi) is 3.87. The molecule has 1 aliphatic heterocycles. The van der Waals surface area contributed by atoms with Gasteiger partial charge in [0, 0.05) is 51.0 Å². The minimum Gasteiger partial charge on any atom is -0.333 e. The molecule has 2 unspecified atom stereocenters. The highest BCUT2D eigenvalue weighted by atomic mass is 15.2. The quantitative estimate of drug-likeness (QED) is 0.788. The number of likely N-dealkylation sites (tertiary alicyclic amines) is 1. The molecule has 4 heteroatoms. The molecule has 2 fully saturated rings. The van der Waals surface area contributed by atoms with Crippen LogP contribution >= 0.6 is 0 Å². The fourth-order valence-corrected chi connectivity index (χ4v) is 3.96. The van der Waals surface area contributed by atoms with E-state index in [9.17, 15) is 0 Å². The van der Waals surface area contributed by atoms with Crippen molar-refractivity contribution in [3.05, 3.63) is 18.2 Å². The Morgan fingerprint density at radius 2 is 2.05 bits per heavy atom. The number of aryl methyl sites for hydroxylation is 1. The molecule has 0 bridgehead atoms. The van der Waals surface area contributed by atoms with Gasteiger partial charge < -0.3 is 9.47 Å². The van der Waals surface area contributed by atoms with Crippen LogP contribution in [-0.2, 0) is 13.0 Å². The van der Waals surface area contributed by atoms with Crippen LogP contribution in [0, 0.1) is 17.8 Å². The van der Waals surface area contributed by atoms with E-state index in [1.807, 2.05) is 6.20 Å². The van der Waals surface area contributed by atoms with E-state index in [0.29, 0.717) is 6.04 Å². The van der Waals surface area contributed by atoms with E-state index >= 15 is 0 Å². The topological polar surface area (TPSA) is 24.3 Å². The van der Waals surface area contributed by atoms with E-state index in [-0.39, 0.29) is 0 Å². The van der Waals surface area contributed by atoms with Crippen molar-refractivity contribution < 1.29 is 0 Å². The smallest absolute Gasteiger partial charge is 0.108 e. The highest BCUT2D eigenvalue weighted by Gasteiger charge is 2.55. The first-order chi connectivity index (χ1) is 9.60. The lowest BCUT2D eigenvalue weighted by molar-refractivity contribution is 0.193. The van der Waals surface area contributed by atoms with Gasteiger partial charge in [-0.2, -0.15) is 0 Å². The molecule has 0 amide bonds. The van der Waals surface area contributed by atoms with Gasteiger partial charge in [0.05, 0.1) is 0 Å². The van der Waals surface area contributed by atoms with Gasteiger partial charge in [0.15, 0.2) is 0 Å². The summed E-state index contributed by atoms with van der Waals surface area (Å²) in [6.07, 6.45) is 5.08. The number of rotatable bonds is 6. The standard InChI is InChI=1S/C16H28N4/c1-5-16-17-6-7-19(16)8-12(2)20-10-14-13(9-18(3)4)15(14)11-20/h6-7,12-15H,5,8-11H2,1-4H3/t12?,13?,14-,15+. The number of hydrogen-bond acceptors (Lipinski definition) is 3. The largest absolute Gasteiger partial charge is 0.333 e. The Morgan fingerprint density at radius 1 is 1.35 bits per heavy atom. The monoisotopic (exact) mass is 276 g/mol. The number of fused-ring (bicyclic) bond motifs is 1. The molecule has 3 rings (SSSR count). The normalized spacial score (nSPS) is 30.8. The summed E-state index contributed by atoms with van der Waals surface area (Å²) >= 11 is 0. The lowest BCUT2D eigenvalue weighted by atomic mass is 10.2. The van der Waals surface area contributed by atoms with Crippen molar-refractivity contribution in [1.82, 2.24) is 19.4 Å². The first kappa shape index (κ1) is 14.1. The van der Waals surface area contributed by atoms with Crippen LogP contribution in [0.5, 0.6) is 0 Å². The Morgan fingerprint density at radius 3 is 2.65 bits per heavy atom. The van der Waals surface area contributed by atoms with Gasteiger partial charge in [0.25, 0.3) is 0 Å². The predicted molar refractivity (Wildman–Crippen MR) is 81.7 cm³/mol. The molecule has 1 aromatic rings. The van der Waals surface area contributed by atoms with Crippen LogP contribution in [0.25, 0.3) is 0 Å². The molecule has 0 radical (unpaired) electrons.